The van der Waals surface area contributed by atoms with Crippen LogP contribution in [0.5, 0.6) is 0 Å². The topological polar surface area (TPSA) is 23.1 Å². The normalized spacial score (nSPS) is 10.3. The van der Waals surface area contributed by atoms with Crippen molar-refractivity contribution in [3.8, 4) is 0 Å². The van der Waals surface area contributed by atoms with Crippen LogP contribution in [0.2, 0.25) is 0 Å². The van der Waals surface area contributed by atoms with Gasteiger partial charge in [-0.15, -0.1) is 5.76 Å². The molecule has 0 fully saturated rings. The van der Waals surface area contributed by atoms with E-state index in [1.807, 2.05) is 6.92 Å². The Hall–Kier alpha value is 0.137. The second-order valence-electron chi connectivity index (χ2n) is 1.22. The van der Waals surface area contributed by atoms with Gasteiger partial charge in [-0.05, 0) is 6.42 Å². The molecule has 0 unspecified atom stereocenters. The molecule has 0 spiro atoms. The van der Waals surface area contributed by atoms with Gasteiger partial charge >= 0.3 is 18.9 Å². The zero-order valence-electron chi connectivity index (χ0n) is 5.19. The molecule has 0 aliphatic heterocycles. The number of rotatable bonds is 1. The van der Waals surface area contributed by atoms with Gasteiger partial charge in [0.2, 0.25) is 0 Å². The summed E-state index contributed by atoms with van der Waals surface area (Å²) in [7, 11) is 0. The van der Waals surface area contributed by atoms with Crippen molar-refractivity contribution in [1.29, 1.82) is 0 Å². The van der Waals surface area contributed by atoms with Crippen LogP contribution in [0.1, 0.15) is 20.3 Å². The van der Waals surface area contributed by atoms with Crippen LogP contribution >= 0.6 is 0 Å². The van der Waals surface area contributed by atoms with Gasteiger partial charge in [0, 0.05) is 0 Å². The van der Waals surface area contributed by atoms with E-state index in [1.54, 1.807) is 13.0 Å². The predicted molar refractivity (Wildman–Crippen MR) is 24.0 cm³/mol. The average molecular weight is 92.1 g/mol. The van der Waals surface area contributed by atoms with Crippen molar-refractivity contribution in [1.82, 2.24) is 0 Å². The minimum atomic E-state index is 0. The monoisotopic (exact) mass is 92.1 g/mol. The number of hydrogen-bond acceptors (Lipinski definition) is 1. The van der Waals surface area contributed by atoms with Crippen LogP contribution in [0, 0.1) is 0 Å². The Morgan fingerprint density at radius 3 is 2.14 bits per heavy atom. The van der Waals surface area contributed by atoms with E-state index in [9.17, 15) is 5.11 Å². The predicted octanol–water partition coefficient (Wildman–Crippen LogP) is -2.34. The zero-order chi connectivity index (χ0) is 4.99. The van der Waals surface area contributed by atoms with Crippen molar-refractivity contribution >= 4 is 0 Å². The molecule has 0 amide bonds. The molecule has 2 heteroatoms. The SMILES string of the molecule is CC/C=C(\C)[O-].[Li+]. The first kappa shape index (κ1) is 10.2. The van der Waals surface area contributed by atoms with Crippen LogP contribution in [-0.4, -0.2) is 0 Å². The molecular weight excluding hydrogens is 83.0 g/mol. The van der Waals surface area contributed by atoms with Gasteiger partial charge in [0.25, 0.3) is 0 Å². The molecule has 0 rings (SSSR count). The summed E-state index contributed by atoms with van der Waals surface area (Å²) in [5, 5.41) is 9.99. The fourth-order valence-corrected chi connectivity index (χ4v) is 0.287. The third kappa shape index (κ3) is 10.7. The molecule has 0 aliphatic carbocycles. The van der Waals surface area contributed by atoms with Gasteiger partial charge in [-0.3, -0.25) is 0 Å². The maximum atomic E-state index is 9.99. The Labute approximate surface area is 56.6 Å². The number of allylic oxidation sites excluding steroid dienone is 2. The van der Waals surface area contributed by atoms with E-state index in [4.69, 9.17) is 0 Å². The van der Waals surface area contributed by atoms with E-state index in [2.05, 4.69) is 0 Å². The van der Waals surface area contributed by atoms with E-state index in [0.29, 0.717) is 0 Å². The van der Waals surface area contributed by atoms with Crippen molar-refractivity contribution in [2.75, 3.05) is 0 Å². The van der Waals surface area contributed by atoms with Gasteiger partial charge in [0.1, 0.15) is 0 Å². The molecular formula is C5H9LiO. The molecule has 0 saturated carbocycles. The summed E-state index contributed by atoms with van der Waals surface area (Å²) in [5.74, 6) is 0.164. The van der Waals surface area contributed by atoms with Crippen molar-refractivity contribution in [3.63, 3.8) is 0 Å². The zero-order valence-corrected chi connectivity index (χ0v) is 5.19. The Kier molecular flexibility index (Phi) is 8.93. The molecule has 0 aromatic carbocycles. The maximum absolute atomic E-state index is 9.99. The fraction of sp³-hybridized carbons (Fsp3) is 0.600. The molecule has 1 nitrogen and oxygen atoms in total. The molecule has 7 heavy (non-hydrogen) atoms. The molecule has 0 saturated heterocycles. The van der Waals surface area contributed by atoms with Gasteiger partial charge in [-0.2, -0.15) is 0 Å². The maximum Gasteiger partial charge on any atom is 1.00 e. The molecule has 0 aromatic heterocycles. The largest absolute Gasteiger partial charge is 1.00 e. The quantitative estimate of drug-likeness (QED) is 0.263. The van der Waals surface area contributed by atoms with Crippen LogP contribution < -0.4 is 24.0 Å². The Morgan fingerprint density at radius 1 is 1.71 bits per heavy atom. The van der Waals surface area contributed by atoms with Crippen molar-refractivity contribution in [2.24, 2.45) is 0 Å². The molecule has 0 radical (unpaired) electrons. The van der Waals surface area contributed by atoms with Crippen LogP contribution in [0.4, 0.5) is 0 Å². The Balaban J connectivity index is 0. The molecule has 0 aromatic rings. The second-order valence-corrected chi connectivity index (χ2v) is 1.22. The van der Waals surface area contributed by atoms with E-state index < -0.39 is 0 Å². The van der Waals surface area contributed by atoms with Gasteiger partial charge in [0.05, 0.1) is 0 Å². The molecule has 0 aliphatic rings. The molecule has 0 atom stereocenters. The van der Waals surface area contributed by atoms with Crippen LogP contribution in [0.25, 0.3) is 0 Å². The summed E-state index contributed by atoms with van der Waals surface area (Å²) >= 11 is 0. The van der Waals surface area contributed by atoms with E-state index in [-0.39, 0.29) is 24.6 Å². The average Bonchev–Trinajstić information content (AvgIpc) is 1.35. The molecule has 0 N–H and O–H groups in total. The van der Waals surface area contributed by atoms with E-state index in [1.165, 1.54) is 0 Å². The van der Waals surface area contributed by atoms with Gasteiger partial charge in [-0.25, -0.2) is 0 Å². The van der Waals surface area contributed by atoms with E-state index >= 15 is 0 Å². The summed E-state index contributed by atoms with van der Waals surface area (Å²) in [6.07, 6.45) is 2.51. The fourth-order valence-electron chi connectivity index (χ4n) is 0.287. The molecule has 36 valence electrons. The summed E-state index contributed by atoms with van der Waals surface area (Å²) in [6.45, 7) is 3.50. The van der Waals surface area contributed by atoms with Crippen molar-refractivity contribution in [2.45, 2.75) is 20.3 Å². The first-order valence-corrected chi connectivity index (χ1v) is 2.11. The minimum Gasteiger partial charge on any atom is -0.876 e. The van der Waals surface area contributed by atoms with Crippen molar-refractivity contribution in [3.05, 3.63) is 11.8 Å². The van der Waals surface area contributed by atoms with Crippen molar-refractivity contribution < 1.29 is 24.0 Å². The second kappa shape index (κ2) is 6.14. The van der Waals surface area contributed by atoms with E-state index in [0.717, 1.165) is 6.42 Å². The summed E-state index contributed by atoms with van der Waals surface area (Å²) < 4.78 is 0. The Bertz CT molecular complexity index is 55.1. The first-order valence-electron chi connectivity index (χ1n) is 2.11. The molecule has 0 heterocycles. The first-order chi connectivity index (χ1) is 2.77. The van der Waals surface area contributed by atoms with Crippen LogP contribution in [-0.2, 0) is 0 Å². The Morgan fingerprint density at radius 2 is 2.14 bits per heavy atom. The standard InChI is InChI=1S/C5H10O.Li/c1-3-4-5(2)6;/h4,6H,3H2,1-2H3;/q;+1/p-1/b5-4+;. The number of hydrogen-bond donors (Lipinski definition) is 0. The summed E-state index contributed by atoms with van der Waals surface area (Å²) in [6, 6.07) is 0. The van der Waals surface area contributed by atoms with Gasteiger partial charge < -0.3 is 5.11 Å². The summed E-state index contributed by atoms with van der Waals surface area (Å²) in [5.41, 5.74) is 0. The van der Waals surface area contributed by atoms with Gasteiger partial charge in [0.15, 0.2) is 0 Å². The smallest absolute Gasteiger partial charge is 0.876 e. The third-order valence-electron chi connectivity index (χ3n) is 0.492. The third-order valence-corrected chi connectivity index (χ3v) is 0.492. The molecule has 0 bridgehead atoms. The summed E-state index contributed by atoms with van der Waals surface area (Å²) in [4.78, 5) is 0. The van der Waals surface area contributed by atoms with Crippen LogP contribution in [0.3, 0.4) is 0 Å². The van der Waals surface area contributed by atoms with Gasteiger partial charge in [-0.1, -0.05) is 19.9 Å². The van der Waals surface area contributed by atoms with Crippen LogP contribution in [0.15, 0.2) is 11.8 Å². The minimum absolute atomic E-state index is 0.